The Labute approximate surface area is 128 Å². The first-order valence-corrected chi connectivity index (χ1v) is 7.94. The number of rotatable bonds is 6. The van der Waals surface area contributed by atoms with Crippen LogP contribution in [0, 0.1) is 0 Å². The quantitative estimate of drug-likeness (QED) is 0.843. The van der Waals surface area contributed by atoms with Gasteiger partial charge in [-0.05, 0) is 32.7 Å². The molecule has 4 heteroatoms. The summed E-state index contributed by atoms with van der Waals surface area (Å²) in [4.78, 5) is 0. The molecule has 1 fully saturated rings. The predicted molar refractivity (Wildman–Crippen MR) is 87.5 cm³/mol. The Bertz CT molecular complexity index is 407. The maximum atomic E-state index is 5.31. The molecule has 0 aliphatic carbocycles. The van der Waals surface area contributed by atoms with Crippen molar-refractivity contribution in [1.29, 1.82) is 0 Å². The highest BCUT2D eigenvalue weighted by Gasteiger charge is 2.15. The van der Waals surface area contributed by atoms with Crippen molar-refractivity contribution in [3.05, 3.63) is 18.2 Å². The van der Waals surface area contributed by atoms with Gasteiger partial charge in [-0.15, -0.1) is 0 Å². The van der Waals surface area contributed by atoms with Gasteiger partial charge in [0.2, 0.25) is 0 Å². The standard InChI is InChI=1S/C17H28N2O2/c1-13(9-14-7-5-4-6-8-18-14)19-15-10-16(20-2)12-17(11-15)21-3/h10-14,18-19H,4-9H2,1-3H3. The van der Waals surface area contributed by atoms with Crippen LogP contribution in [0.2, 0.25) is 0 Å². The molecule has 0 saturated carbocycles. The monoisotopic (exact) mass is 292 g/mol. The van der Waals surface area contributed by atoms with Crippen LogP contribution in [0.3, 0.4) is 0 Å². The molecule has 21 heavy (non-hydrogen) atoms. The van der Waals surface area contributed by atoms with Gasteiger partial charge in [0.05, 0.1) is 14.2 Å². The summed E-state index contributed by atoms with van der Waals surface area (Å²) in [5, 5.41) is 7.21. The van der Waals surface area contributed by atoms with Gasteiger partial charge in [0, 0.05) is 36.0 Å². The Morgan fingerprint density at radius 2 is 1.86 bits per heavy atom. The first kappa shape index (κ1) is 16.0. The van der Waals surface area contributed by atoms with Gasteiger partial charge in [0.25, 0.3) is 0 Å². The van der Waals surface area contributed by atoms with Gasteiger partial charge in [0.15, 0.2) is 0 Å². The summed E-state index contributed by atoms with van der Waals surface area (Å²) < 4.78 is 10.6. The minimum atomic E-state index is 0.414. The van der Waals surface area contributed by atoms with Crippen molar-refractivity contribution in [2.75, 3.05) is 26.1 Å². The zero-order valence-corrected chi connectivity index (χ0v) is 13.4. The molecular weight excluding hydrogens is 264 g/mol. The lowest BCUT2D eigenvalue weighted by Gasteiger charge is -2.22. The number of methoxy groups -OCH3 is 2. The summed E-state index contributed by atoms with van der Waals surface area (Å²) in [7, 11) is 3.36. The zero-order chi connectivity index (χ0) is 15.1. The smallest absolute Gasteiger partial charge is 0.124 e. The molecule has 0 aromatic heterocycles. The average Bonchev–Trinajstić information content (AvgIpc) is 2.75. The zero-order valence-electron chi connectivity index (χ0n) is 13.4. The molecule has 4 nitrogen and oxygen atoms in total. The predicted octanol–water partition coefficient (Wildman–Crippen LogP) is 3.43. The van der Waals surface area contributed by atoms with Gasteiger partial charge < -0.3 is 20.1 Å². The molecule has 0 radical (unpaired) electrons. The fourth-order valence-electron chi connectivity index (χ4n) is 2.96. The van der Waals surface area contributed by atoms with Crippen LogP contribution in [0.25, 0.3) is 0 Å². The van der Waals surface area contributed by atoms with Crippen molar-refractivity contribution in [2.45, 2.75) is 51.1 Å². The molecule has 1 aromatic rings. The van der Waals surface area contributed by atoms with Crippen LogP contribution in [0.15, 0.2) is 18.2 Å². The summed E-state index contributed by atoms with van der Waals surface area (Å²) in [5.74, 6) is 1.63. The van der Waals surface area contributed by atoms with Crippen LogP contribution in [-0.2, 0) is 0 Å². The van der Waals surface area contributed by atoms with E-state index in [2.05, 4.69) is 17.6 Å². The molecule has 1 saturated heterocycles. The topological polar surface area (TPSA) is 42.5 Å². The maximum absolute atomic E-state index is 5.31. The van der Waals surface area contributed by atoms with Gasteiger partial charge in [0.1, 0.15) is 11.5 Å². The highest BCUT2D eigenvalue weighted by atomic mass is 16.5. The first-order valence-electron chi connectivity index (χ1n) is 7.94. The molecule has 2 N–H and O–H groups in total. The maximum Gasteiger partial charge on any atom is 0.124 e. The van der Waals surface area contributed by atoms with Crippen molar-refractivity contribution in [2.24, 2.45) is 0 Å². The molecule has 0 amide bonds. The number of ether oxygens (including phenoxy) is 2. The fraction of sp³-hybridized carbons (Fsp3) is 0.647. The third-order valence-electron chi connectivity index (χ3n) is 4.06. The highest BCUT2D eigenvalue weighted by molar-refractivity contribution is 5.54. The van der Waals surface area contributed by atoms with Crippen molar-refractivity contribution < 1.29 is 9.47 Å². The van der Waals surface area contributed by atoms with E-state index in [0.29, 0.717) is 12.1 Å². The van der Waals surface area contributed by atoms with Crippen molar-refractivity contribution in [3.8, 4) is 11.5 Å². The molecular formula is C17H28N2O2. The molecule has 1 heterocycles. The first-order chi connectivity index (χ1) is 10.2. The second-order valence-electron chi connectivity index (χ2n) is 5.88. The highest BCUT2D eigenvalue weighted by Crippen LogP contribution is 2.26. The second kappa shape index (κ2) is 8.13. The van der Waals surface area contributed by atoms with E-state index in [1.807, 2.05) is 18.2 Å². The van der Waals surface area contributed by atoms with Crippen LogP contribution in [0.1, 0.15) is 39.0 Å². The van der Waals surface area contributed by atoms with E-state index in [4.69, 9.17) is 9.47 Å². The Morgan fingerprint density at radius 3 is 2.52 bits per heavy atom. The van der Waals surface area contributed by atoms with Gasteiger partial charge in [-0.2, -0.15) is 0 Å². The molecule has 2 unspecified atom stereocenters. The van der Waals surface area contributed by atoms with Crippen LogP contribution < -0.4 is 20.1 Å². The number of nitrogens with one attached hydrogen (secondary N) is 2. The van der Waals surface area contributed by atoms with E-state index >= 15 is 0 Å². The molecule has 0 bridgehead atoms. The molecule has 118 valence electrons. The molecule has 1 aliphatic rings. The van der Waals surface area contributed by atoms with Crippen LogP contribution in [-0.4, -0.2) is 32.8 Å². The third kappa shape index (κ3) is 5.12. The Balaban J connectivity index is 1.93. The van der Waals surface area contributed by atoms with E-state index in [0.717, 1.165) is 30.2 Å². The Hall–Kier alpha value is -1.42. The summed E-state index contributed by atoms with van der Waals surface area (Å²) in [5.41, 5.74) is 1.05. The molecule has 1 aliphatic heterocycles. The SMILES string of the molecule is COc1cc(NC(C)CC2CCCCCN2)cc(OC)c1. The minimum Gasteiger partial charge on any atom is -0.497 e. The fourth-order valence-corrected chi connectivity index (χ4v) is 2.96. The molecule has 2 atom stereocenters. The average molecular weight is 292 g/mol. The Kier molecular flexibility index (Phi) is 6.18. The number of anilines is 1. The number of benzene rings is 1. The van der Waals surface area contributed by atoms with Gasteiger partial charge in [-0.3, -0.25) is 0 Å². The van der Waals surface area contributed by atoms with E-state index in [1.54, 1.807) is 14.2 Å². The molecule has 1 aromatic carbocycles. The summed E-state index contributed by atoms with van der Waals surface area (Å²) >= 11 is 0. The van der Waals surface area contributed by atoms with Crippen molar-refractivity contribution in [1.82, 2.24) is 5.32 Å². The van der Waals surface area contributed by atoms with Gasteiger partial charge in [-0.1, -0.05) is 12.8 Å². The third-order valence-corrected chi connectivity index (χ3v) is 4.06. The van der Waals surface area contributed by atoms with E-state index in [-0.39, 0.29) is 0 Å². The van der Waals surface area contributed by atoms with E-state index in [9.17, 15) is 0 Å². The normalized spacial score (nSPS) is 20.4. The van der Waals surface area contributed by atoms with Crippen molar-refractivity contribution >= 4 is 5.69 Å². The van der Waals surface area contributed by atoms with Gasteiger partial charge >= 0.3 is 0 Å². The molecule has 2 rings (SSSR count). The molecule has 0 spiro atoms. The Morgan fingerprint density at radius 1 is 1.14 bits per heavy atom. The minimum absolute atomic E-state index is 0.414. The van der Waals surface area contributed by atoms with E-state index in [1.165, 1.54) is 25.7 Å². The van der Waals surface area contributed by atoms with E-state index < -0.39 is 0 Å². The number of hydrogen-bond acceptors (Lipinski definition) is 4. The van der Waals surface area contributed by atoms with Gasteiger partial charge in [-0.25, -0.2) is 0 Å². The summed E-state index contributed by atoms with van der Waals surface area (Å²) in [6, 6.07) is 6.96. The second-order valence-corrected chi connectivity index (χ2v) is 5.88. The summed E-state index contributed by atoms with van der Waals surface area (Å²) in [6.07, 6.45) is 6.44. The lowest BCUT2D eigenvalue weighted by molar-refractivity contribution is 0.394. The van der Waals surface area contributed by atoms with Crippen LogP contribution in [0.5, 0.6) is 11.5 Å². The number of hydrogen-bond donors (Lipinski definition) is 2. The van der Waals surface area contributed by atoms with Crippen LogP contribution in [0.4, 0.5) is 5.69 Å². The van der Waals surface area contributed by atoms with Crippen LogP contribution >= 0.6 is 0 Å². The largest absolute Gasteiger partial charge is 0.497 e. The van der Waals surface area contributed by atoms with Crippen molar-refractivity contribution in [3.63, 3.8) is 0 Å². The lowest BCUT2D eigenvalue weighted by atomic mass is 10.0. The lowest BCUT2D eigenvalue weighted by Crippen LogP contribution is -2.33. The summed E-state index contributed by atoms with van der Waals surface area (Å²) in [6.45, 7) is 3.39.